The zero-order valence-corrected chi connectivity index (χ0v) is 19.9. The molecular formula is C29H27FN2O4. The third kappa shape index (κ3) is 4.38. The first-order chi connectivity index (χ1) is 17.4. The lowest BCUT2D eigenvalue weighted by Crippen LogP contribution is -2.49. The van der Waals surface area contributed by atoms with Crippen LogP contribution in [0.5, 0.6) is 0 Å². The van der Waals surface area contributed by atoms with Crippen LogP contribution in [-0.2, 0) is 0 Å². The van der Waals surface area contributed by atoms with E-state index < -0.39 is 5.54 Å². The summed E-state index contributed by atoms with van der Waals surface area (Å²) < 4.78 is 19.5. The molecule has 0 bridgehead atoms. The number of aliphatic hydroxyl groups excluding tert-OH is 1. The number of fused-ring (bicyclic) bond motifs is 1. The van der Waals surface area contributed by atoms with E-state index in [-0.39, 0.29) is 24.2 Å². The average molecular weight is 487 g/mol. The fourth-order valence-corrected chi connectivity index (χ4v) is 4.96. The third-order valence-electron chi connectivity index (χ3n) is 6.95. The number of carbonyl (C=O) groups is 2. The first-order valence-corrected chi connectivity index (χ1v) is 12.0. The van der Waals surface area contributed by atoms with Crippen LogP contribution in [0.4, 0.5) is 4.39 Å². The zero-order valence-electron chi connectivity index (χ0n) is 19.9. The lowest BCUT2D eigenvalue weighted by Gasteiger charge is -2.28. The molecule has 6 nitrogen and oxygen atoms in total. The maximum absolute atomic E-state index is 13.5. The second kappa shape index (κ2) is 9.59. The van der Waals surface area contributed by atoms with Gasteiger partial charge in [0.25, 0.3) is 11.8 Å². The Bertz CT molecular complexity index is 1440. The number of hydrogen-bond acceptors (Lipinski definition) is 4. The number of benzene rings is 3. The molecule has 1 heterocycles. The van der Waals surface area contributed by atoms with Gasteiger partial charge in [-0.05, 0) is 72.5 Å². The van der Waals surface area contributed by atoms with Crippen molar-refractivity contribution in [2.24, 2.45) is 0 Å². The zero-order chi connectivity index (χ0) is 25.3. The highest BCUT2D eigenvalue weighted by molar-refractivity contribution is 6.11. The van der Waals surface area contributed by atoms with Gasteiger partial charge in [0, 0.05) is 23.6 Å². The first kappa shape index (κ1) is 23.8. The van der Waals surface area contributed by atoms with Crippen molar-refractivity contribution in [2.45, 2.75) is 31.2 Å². The highest BCUT2D eigenvalue weighted by Crippen LogP contribution is 2.36. The first-order valence-electron chi connectivity index (χ1n) is 12.0. The van der Waals surface area contributed by atoms with Crippen LogP contribution in [0, 0.1) is 5.82 Å². The Balaban J connectivity index is 1.53. The number of carbonyl (C=O) groups excluding carboxylic acids is 2. The molecule has 0 aliphatic heterocycles. The van der Waals surface area contributed by atoms with Crippen molar-refractivity contribution in [3.63, 3.8) is 0 Å². The van der Waals surface area contributed by atoms with E-state index in [2.05, 4.69) is 10.6 Å². The molecule has 0 radical (unpaired) electrons. The van der Waals surface area contributed by atoms with Crippen molar-refractivity contribution in [2.75, 3.05) is 13.7 Å². The van der Waals surface area contributed by atoms with Gasteiger partial charge in [0.15, 0.2) is 0 Å². The van der Waals surface area contributed by atoms with E-state index in [4.69, 9.17) is 4.42 Å². The smallest absolute Gasteiger partial charge is 0.255 e. The summed E-state index contributed by atoms with van der Waals surface area (Å²) in [4.78, 5) is 25.9. The molecule has 1 fully saturated rings. The Morgan fingerprint density at radius 3 is 2.33 bits per heavy atom. The molecule has 184 valence electrons. The van der Waals surface area contributed by atoms with Crippen LogP contribution in [0.15, 0.2) is 71.1 Å². The molecule has 5 rings (SSSR count). The van der Waals surface area contributed by atoms with Crippen LogP contribution >= 0.6 is 0 Å². The summed E-state index contributed by atoms with van der Waals surface area (Å²) in [5, 5.41) is 16.2. The fraction of sp³-hybridized carbons (Fsp3) is 0.241. The van der Waals surface area contributed by atoms with Gasteiger partial charge in [-0.3, -0.25) is 9.59 Å². The maximum Gasteiger partial charge on any atom is 0.255 e. The predicted octanol–water partition coefficient (Wildman–Crippen LogP) is 5.30. The second-order valence-electron chi connectivity index (χ2n) is 9.28. The molecule has 0 unspecified atom stereocenters. The van der Waals surface area contributed by atoms with Gasteiger partial charge in [-0.25, -0.2) is 4.39 Å². The fourth-order valence-electron chi connectivity index (χ4n) is 4.96. The molecule has 0 spiro atoms. The van der Waals surface area contributed by atoms with Crippen LogP contribution in [0.1, 0.15) is 46.4 Å². The second-order valence-corrected chi connectivity index (χ2v) is 9.28. The highest BCUT2D eigenvalue weighted by Gasteiger charge is 2.34. The molecule has 7 heteroatoms. The topological polar surface area (TPSA) is 91.6 Å². The van der Waals surface area contributed by atoms with Crippen molar-refractivity contribution < 1.29 is 23.5 Å². The molecule has 0 atom stereocenters. The van der Waals surface area contributed by atoms with Gasteiger partial charge < -0.3 is 20.2 Å². The molecule has 3 aromatic carbocycles. The summed E-state index contributed by atoms with van der Waals surface area (Å²) in [6.45, 7) is -0.0752. The summed E-state index contributed by atoms with van der Waals surface area (Å²) >= 11 is 0. The van der Waals surface area contributed by atoms with Gasteiger partial charge in [-0.2, -0.15) is 0 Å². The van der Waals surface area contributed by atoms with Gasteiger partial charge in [-0.1, -0.05) is 31.0 Å². The Morgan fingerprint density at radius 2 is 1.64 bits per heavy atom. The van der Waals surface area contributed by atoms with Crippen LogP contribution in [0.2, 0.25) is 0 Å². The molecule has 0 saturated heterocycles. The van der Waals surface area contributed by atoms with Crippen molar-refractivity contribution in [3.05, 3.63) is 83.7 Å². The largest absolute Gasteiger partial charge is 0.455 e. The number of nitrogens with one attached hydrogen (secondary N) is 2. The number of furan rings is 1. The minimum atomic E-state index is -0.554. The quantitative estimate of drug-likeness (QED) is 0.345. The maximum atomic E-state index is 13.5. The molecule has 1 aromatic heterocycles. The number of halogens is 1. The number of aliphatic hydroxyl groups is 1. The van der Waals surface area contributed by atoms with E-state index in [1.807, 2.05) is 24.3 Å². The highest BCUT2D eigenvalue weighted by atomic mass is 19.1. The Labute approximate surface area is 208 Å². The minimum Gasteiger partial charge on any atom is -0.455 e. The SMILES string of the molecule is CNC(=O)c1c(-c2ccc(F)cc2)oc2ccc(-c3cccc(C(=O)NC4(CO)CCCC4)c3)cc12. The van der Waals surface area contributed by atoms with Crippen LogP contribution in [0.3, 0.4) is 0 Å². The molecule has 3 N–H and O–H groups in total. The van der Waals surface area contributed by atoms with E-state index >= 15 is 0 Å². The normalized spacial score (nSPS) is 14.6. The van der Waals surface area contributed by atoms with Crippen LogP contribution in [0.25, 0.3) is 33.4 Å². The molecule has 1 saturated carbocycles. The summed E-state index contributed by atoms with van der Waals surface area (Å²) in [6.07, 6.45) is 3.51. The monoisotopic (exact) mass is 486 g/mol. The Morgan fingerprint density at radius 1 is 0.944 bits per heavy atom. The van der Waals surface area contributed by atoms with Gasteiger partial charge in [-0.15, -0.1) is 0 Å². The summed E-state index contributed by atoms with van der Waals surface area (Å²) in [7, 11) is 1.55. The van der Waals surface area contributed by atoms with E-state index in [1.54, 1.807) is 37.4 Å². The molecule has 4 aromatic rings. The summed E-state index contributed by atoms with van der Waals surface area (Å²) in [5.74, 6) is -0.549. The number of rotatable bonds is 6. The van der Waals surface area contributed by atoms with Crippen molar-refractivity contribution in [3.8, 4) is 22.5 Å². The van der Waals surface area contributed by atoms with Gasteiger partial charge in [0.05, 0.1) is 17.7 Å². The predicted molar refractivity (Wildman–Crippen MR) is 136 cm³/mol. The summed E-state index contributed by atoms with van der Waals surface area (Å²) in [5.41, 5.74) is 3.04. The number of amides is 2. The minimum absolute atomic E-state index is 0.0752. The van der Waals surface area contributed by atoms with Gasteiger partial charge >= 0.3 is 0 Å². The average Bonchev–Trinajstić information content (AvgIpc) is 3.53. The Hall–Kier alpha value is -3.97. The van der Waals surface area contributed by atoms with E-state index in [0.29, 0.717) is 33.4 Å². The van der Waals surface area contributed by atoms with Crippen molar-refractivity contribution in [1.82, 2.24) is 10.6 Å². The van der Waals surface area contributed by atoms with Crippen LogP contribution < -0.4 is 10.6 Å². The third-order valence-corrected chi connectivity index (χ3v) is 6.95. The standard InChI is InChI=1S/C29H27FN2O4/c1-31-28(35)25-23-16-20(9-12-24(23)36-26(25)18-7-10-22(30)11-8-18)19-5-4-6-21(15-19)27(34)32-29(17-33)13-2-3-14-29/h4-12,15-16,33H,2-3,13-14,17H2,1H3,(H,31,35)(H,32,34). The van der Waals surface area contributed by atoms with Gasteiger partial charge in [0.2, 0.25) is 0 Å². The lowest BCUT2D eigenvalue weighted by atomic mass is 9.96. The Kier molecular flexibility index (Phi) is 6.33. The molecule has 2 amide bonds. The van der Waals surface area contributed by atoms with E-state index in [0.717, 1.165) is 36.8 Å². The van der Waals surface area contributed by atoms with Gasteiger partial charge in [0.1, 0.15) is 17.2 Å². The molecular weight excluding hydrogens is 459 g/mol. The van der Waals surface area contributed by atoms with Crippen molar-refractivity contribution >= 4 is 22.8 Å². The lowest BCUT2D eigenvalue weighted by molar-refractivity contribution is 0.0838. The van der Waals surface area contributed by atoms with E-state index in [1.165, 1.54) is 12.1 Å². The number of hydrogen-bond donors (Lipinski definition) is 3. The summed E-state index contributed by atoms with van der Waals surface area (Å²) in [6, 6.07) is 18.6. The molecule has 36 heavy (non-hydrogen) atoms. The van der Waals surface area contributed by atoms with Crippen LogP contribution in [-0.4, -0.2) is 36.1 Å². The van der Waals surface area contributed by atoms with Crippen molar-refractivity contribution in [1.29, 1.82) is 0 Å². The van der Waals surface area contributed by atoms with E-state index in [9.17, 15) is 19.1 Å². The molecule has 1 aliphatic carbocycles. The molecule has 1 aliphatic rings.